The van der Waals surface area contributed by atoms with Crippen LogP contribution in [0.1, 0.15) is 59.8 Å². The summed E-state index contributed by atoms with van der Waals surface area (Å²) < 4.78 is 10.1. The Morgan fingerprint density at radius 2 is 1.87 bits per heavy atom. The van der Waals surface area contributed by atoms with Crippen LogP contribution in [0.15, 0.2) is 0 Å². The second kappa shape index (κ2) is 9.11. The number of carbonyl (C=O) groups excluding carboxylic acids is 2. The highest BCUT2D eigenvalue weighted by Gasteiger charge is 2.30. The molecule has 1 aliphatic carbocycles. The molecule has 6 heteroatoms. The van der Waals surface area contributed by atoms with Gasteiger partial charge in [0, 0.05) is 12.6 Å². The van der Waals surface area contributed by atoms with E-state index in [9.17, 15) is 9.59 Å². The van der Waals surface area contributed by atoms with Gasteiger partial charge in [-0.1, -0.05) is 19.8 Å². The topological polar surface area (TPSA) is 76.7 Å². The maximum Gasteiger partial charge on any atom is 0.407 e. The number of hydrogen-bond donors (Lipinski definition) is 2. The van der Waals surface area contributed by atoms with Crippen LogP contribution in [0.2, 0.25) is 0 Å². The number of amides is 1. The Bertz CT molecular complexity index is 393. The van der Waals surface area contributed by atoms with Crippen molar-refractivity contribution in [2.24, 2.45) is 5.92 Å². The standard InChI is InChI=1S/C17H32N2O4/c1-6-13(15(20)22-5)19-14-10-8-7-9-12(14)11-18-16(21)23-17(2,3)4/h12-14,19H,6-11H2,1-5H3,(H,18,21). The number of alkyl carbamates (subject to hydrolysis) is 1. The van der Waals surface area contributed by atoms with Crippen molar-refractivity contribution in [2.45, 2.75) is 77.5 Å². The second-order valence-electron chi connectivity index (χ2n) is 7.18. The van der Waals surface area contributed by atoms with Gasteiger partial charge in [-0.25, -0.2) is 4.79 Å². The molecular formula is C17H32N2O4. The number of carbonyl (C=O) groups is 2. The Balaban J connectivity index is 2.54. The largest absolute Gasteiger partial charge is 0.468 e. The maximum atomic E-state index is 11.8. The zero-order chi connectivity index (χ0) is 17.5. The van der Waals surface area contributed by atoms with Crippen LogP contribution in [0.3, 0.4) is 0 Å². The van der Waals surface area contributed by atoms with E-state index in [-0.39, 0.29) is 24.1 Å². The molecule has 1 aliphatic rings. The summed E-state index contributed by atoms with van der Waals surface area (Å²) in [6, 6.07) is -0.0742. The quantitative estimate of drug-likeness (QED) is 0.733. The molecule has 0 bridgehead atoms. The minimum absolute atomic E-state index is 0.211. The number of esters is 1. The Kier molecular flexibility index (Phi) is 7.82. The van der Waals surface area contributed by atoms with Crippen LogP contribution in [0.25, 0.3) is 0 Å². The highest BCUT2D eigenvalue weighted by Crippen LogP contribution is 2.25. The Labute approximate surface area is 139 Å². The van der Waals surface area contributed by atoms with Crippen LogP contribution in [-0.4, -0.2) is 43.4 Å². The number of hydrogen-bond acceptors (Lipinski definition) is 5. The number of rotatable bonds is 6. The average Bonchev–Trinajstić information content (AvgIpc) is 2.49. The van der Waals surface area contributed by atoms with E-state index in [1.807, 2.05) is 27.7 Å². The summed E-state index contributed by atoms with van der Waals surface area (Å²) in [5.41, 5.74) is -0.494. The second-order valence-corrected chi connectivity index (χ2v) is 7.18. The Hall–Kier alpha value is -1.30. The zero-order valence-corrected chi connectivity index (χ0v) is 15.1. The predicted octanol–water partition coefficient (Wildman–Crippen LogP) is 2.61. The fourth-order valence-corrected chi connectivity index (χ4v) is 2.95. The first kappa shape index (κ1) is 19.7. The Morgan fingerprint density at radius 3 is 2.43 bits per heavy atom. The molecule has 23 heavy (non-hydrogen) atoms. The molecule has 1 saturated carbocycles. The lowest BCUT2D eigenvalue weighted by Gasteiger charge is -2.34. The first-order chi connectivity index (χ1) is 10.8. The van der Waals surface area contributed by atoms with E-state index in [0.717, 1.165) is 25.7 Å². The first-order valence-corrected chi connectivity index (χ1v) is 8.57. The van der Waals surface area contributed by atoms with Crippen LogP contribution < -0.4 is 10.6 Å². The SMILES string of the molecule is CCC(NC1CCCCC1CNC(=O)OC(C)(C)C)C(=O)OC. The van der Waals surface area contributed by atoms with Crippen molar-refractivity contribution in [3.8, 4) is 0 Å². The Morgan fingerprint density at radius 1 is 1.22 bits per heavy atom. The summed E-state index contributed by atoms with van der Waals surface area (Å²) >= 11 is 0. The molecule has 1 fully saturated rings. The normalized spacial score (nSPS) is 23.0. The van der Waals surface area contributed by atoms with E-state index in [1.165, 1.54) is 7.11 Å². The molecule has 1 amide bonds. The number of ether oxygens (including phenoxy) is 2. The molecule has 3 atom stereocenters. The number of methoxy groups -OCH3 is 1. The fraction of sp³-hybridized carbons (Fsp3) is 0.882. The smallest absolute Gasteiger partial charge is 0.407 e. The molecule has 0 heterocycles. The molecule has 134 valence electrons. The van der Waals surface area contributed by atoms with Crippen molar-refractivity contribution in [1.82, 2.24) is 10.6 Å². The monoisotopic (exact) mass is 328 g/mol. The molecule has 0 aromatic carbocycles. The molecule has 0 saturated heterocycles. The van der Waals surface area contributed by atoms with Gasteiger partial charge in [-0.2, -0.15) is 0 Å². The molecule has 1 rings (SSSR count). The van der Waals surface area contributed by atoms with Gasteiger partial charge in [0.15, 0.2) is 0 Å². The summed E-state index contributed by atoms with van der Waals surface area (Å²) in [4.78, 5) is 23.6. The van der Waals surface area contributed by atoms with E-state index in [2.05, 4.69) is 10.6 Å². The summed E-state index contributed by atoms with van der Waals surface area (Å²) in [7, 11) is 1.41. The van der Waals surface area contributed by atoms with Crippen LogP contribution in [0.5, 0.6) is 0 Å². The molecule has 0 aromatic rings. The average molecular weight is 328 g/mol. The lowest BCUT2D eigenvalue weighted by Crippen LogP contribution is -2.50. The zero-order valence-electron chi connectivity index (χ0n) is 15.1. The van der Waals surface area contributed by atoms with Gasteiger partial charge in [-0.3, -0.25) is 4.79 Å². The van der Waals surface area contributed by atoms with Crippen molar-refractivity contribution in [1.29, 1.82) is 0 Å². The highest BCUT2D eigenvalue weighted by atomic mass is 16.6. The van der Waals surface area contributed by atoms with E-state index < -0.39 is 5.60 Å². The molecule has 3 unspecified atom stereocenters. The third-order valence-corrected chi connectivity index (χ3v) is 4.13. The lowest BCUT2D eigenvalue weighted by molar-refractivity contribution is -0.143. The van der Waals surface area contributed by atoms with Gasteiger partial charge in [0.05, 0.1) is 7.11 Å². The minimum atomic E-state index is -0.494. The molecule has 6 nitrogen and oxygen atoms in total. The van der Waals surface area contributed by atoms with Gasteiger partial charge in [0.25, 0.3) is 0 Å². The highest BCUT2D eigenvalue weighted by molar-refractivity contribution is 5.75. The van der Waals surface area contributed by atoms with Gasteiger partial charge in [0.2, 0.25) is 0 Å². The van der Waals surface area contributed by atoms with Crippen LogP contribution in [0.4, 0.5) is 4.79 Å². The molecule has 0 radical (unpaired) electrons. The van der Waals surface area contributed by atoms with Crippen molar-refractivity contribution < 1.29 is 19.1 Å². The van der Waals surface area contributed by atoms with E-state index in [0.29, 0.717) is 18.9 Å². The van der Waals surface area contributed by atoms with Gasteiger partial charge >= 0.3 is 12.1 Å². The minimum Gasteiger partial charge on any atom is -0.468 e. The third kappa shape index (κ3) is 7.20. The van der Waals surface area contributed by atoms with Crippen LogP contribution in [0, 0.1) is 5.92 Å². The molecule has 0 aliphatic heterocycles. The maximum absolute atomic E-state index is 11.8. The molecule has 2 N–H and O–H groups in total. The predicted molar refractivity (Wildman–Crippen MR) is 89.2 cm³/mol. The summed E-state index contributed by atoms with van der Waals surface area (Å²) in [6.07, 6.45) is 4.63. The fourth-order valence-electron chi connectivity index (χ4n) is 2.95. The van der Waals surface area contributed by atoms with E-state index in [4.69, 9.17) is 9.47 Å². The molecule has 0 aromatic heterocycles. The molecular weight excluding hydrogens is 296 g/mol. The van der Waals surface area contributed by atoms with Crippen molar-refractivity contribution in [3.05, 3.63) is 0 Å². The summed E-state index contributed by atoms with van der Waals surface area (Å²) in [6.45, 7) is 8.06. The lowest BCUT2D eigenvalue weighted by atomic mass is 9.84. The van der Waals surface area contributed by atoms with Crippen molar-refractivity contribution >= 4 is 12.1 Å². The number of nitrogens with one attached hydrogen (secondary N) is 2. The van der Waals surface area contributed by atoms with Gasteiger partial charge < -0.3 is 20.1 Å². The van der Waals surface area contributed by atoms with Crippen LogP contribution in [-0.2, 0) is 14.3 Å². The van der Waals surface area contributed by atoms with E-state index >= 15 is 0 Å². The summed E-state index contributed by atoms with van der Waals surface area (Å²) in [5.74, 6) is 0.0758. The van der Waals surface area contributed by atoms with Gasteiger partial charge in [-0.05, 0) is 46.0 Å². The summed E-state index contributed by atoms with van der Waals surface area (Å²) in [5, 5.41) is 6.27. The van der Waals surface area contributed by atoms with Crippen molar-refractivity contribution in [2.75, 3.05) is 13.7 Å². The van der Waals surface area contributed by atoms with Gasteiger partial charge in [0.1, 0.15) is 11.6 Å². The van der Waals surface area contributed by atoms with Gasteiger partial charge in [-0.15, -0.1) is 0 Å². The molecule has 0 spiro atoms. The van der Waals surface area contributed by atoms with Crippen molar-refractivity contribution in [3.63, 3.8) is 0 Å². The van der Waals surface area contributed by atoms with Crippen LogP contribution >= 0.6 is 0 Å². The first-order valence-electron chi connectivity index (χ1n) is 8.57. The third-order valence-electron chi connectivity index (χ3n) is 4.13. The van der Waals surface area contributed by atoms with E-state index in [1.54, 1.807) is 0 Å².